The Morgan fingerprint density at radius 3 is 2.83 bits per heavy atom. The monoisotopic (exact) mass is 337 g/mol. The molecule has 0 aliphatic carbocycles. The van der Waals surface area contributed by atoms with Crippen LogP contribution in [0.4, 0.5) is 0 Å². The lowest BCUT2D eigenvalue weighted by Gasteiger charge is -2.09. The zero-order chi connectivity index (χ0) is 17.1. The molecule has 23 heavy (non-hydrogen) atoms. The fourth-order valence-corrected chi connectivity index (χ4v) is 2.34. The molecule has 1 aromatic rings. The molecule has 6 heteroatoms. The van der Waals surface area contributed by atoms with Crippen LogP contribution >= 0.6 is 0 Å². The van der Waals surface area contributed by atoms with Crippen molar-refractivity contribution in [3.05, 3.63) is 42.5 Å². The van der Waals surface area contributed by atoms with E-state index in [9.17, 15) is 9.00 Å². The Morgan fingerprint density at radius 2 is 2.17 bits per heavy atom. The average Bonchev–Trinajstić information content (AvgIpc) is 2.58. The summed E-state index contributed by atoms with van der Waals surface area (Å²) in [6.45, 7) is 6.25. The minimum Gasteiger partial charge on any atom is -0.493 e. The highest BCUT2D eigenvalue weighted by molar-refractivity contribution is 7.84. The summed E-state index contributed by atoms with van der Waals surface area (Å²) in [6, 6.07) is 5.40. The van der Waals surface area contributed by atoms with Crippen LogP contribution in [0, 0.1) is 0 Å². The van der Waals surface area contributed by atoms with Crippen LogP contribution in [-0.4, -0.2) is 41.9 Å². The third-order valence-corrected chi connectivity index (χ3v) is 4.23. The second kappa shape index (κ2) is 10.6. The van der Waals surface area contributed by atoms with Gasteiger partial charge in [0.2, 0.25) is 5.91 Å². The van der Waals surface area contributed by atoms with Gasteiger partial charge in [-0.05, 0) is 23.8 Å². The van der Waals surface area contributed by atoms with E-state index >= 15 is 0 Å². The van der Waals surface area contributed by atoms with E-state index in [1.165, 1.54) is 6.08 Å². The Morgan fingerprint density at radius 1 is 1.39 bits per heavy atom. The SMILES string of the molecule is C=CCOc1ccc(/C=C/C(=O)NCC[S@](=O)CC)cc1OC. The van der Waals surface area contributed by atoms with Gasteiger partial charge in [0.25, 0.3) is 0 Å². The van der Waals surface area contributed by atoms with Gasteiger partial charge in [0.05, 0.1) is 7.11 Å². The van der Waals surface area contributed by atoms with Gasteiger partial charge in [-0.25, -0.2) is 0 Å². The van der Waals surface area contributed by atoms with Crippen LogP contribution in [0.3, 0.4) is 0 Å². The molecule has 0 unspecified atom stereocenters. The summed E-state index contributed by atoms with van der Waals surface area (Å²) < 4.78 is 22.0. The van der Waals surface area contributed by atoms with Crippen molar-refractivity contribution in [3.63, 3.8) is 0 Å². The predicted molar refractivity (Wildman–Crippen MR) is 94.3 cm³/mol. The van der Waals surface area contributed by atoms with Crippen molar-refractivity contribution in [2.75, 3.05) is 31.8 Å². The Kier molecular flexibility index (Phi) is 8.75. The highest BCUT2D eigenvalue weighted by Crippen LogP contribution is 2.28. The molecule has 0 heterocycles. The molecule has 1 rings (SSSR count). The Balaban J connectivity index is 2.60. The van der Waals surface area contributed by atoms with E-state index in [1.807, 2.05) is 13.0 Å². The number of benzene rings is 1. The molecule has 0 bridgehead atoms. The van der Waals surface area contributed by atoms with Gasteiger partial charge in [-0.15, -0.1) is 0 Å². The van der Waals surface area contributed by atoms with Crippen LogP contribution in [0.2, 0.25) is 0 Å². The number of amides is 1. The first-order chi connectivity index (χ1) is 11.1. The predicted octanol–water partition coefficient (Wildman–Crippen LogP) is 2.16. The number of methoxy groups -OCH3 is 1. The highest BCUT2D eigenvalue weighted by Gasteiger charge is 2.04. The molecule has 0 spiro atoms. The largest absolute Gasteiger partial charge is 0.493 e. The van der Waals surface area contributed by atoms with E-state index < -0.39 is 10.8 Å². The minimum atomic E-state index is -0.870. The number of hydrogen-bond acceptors (Lipinski definition) is 4. The van der Waals surface area contributed by atoms with Crippen molar-refractivity contribution in [3.8, 4) is 11.5 Å². The molecule has 1 N–H and O–H groups in total. The Labute approximate surface area is 139 Å². The third-order valence-electron chi connectivity index (χ3n) is 2.92. The van der Waals surface area contributed by atoms with Crippen LogP contribution in [-0.2, 0) is 15.6 Å². The number of carbonyl (C=O) groups is 1. The van der Waals surface area contributed by atoms with Gasteiger partial charge in [-0.3, -0.25) is 9.00 Å². The van der Waals surface area contributed by atoms with Gasteiger partial charge in [-0.2, -0.15) is 0 Å². The first-order valence-electron chi connectivity index (χ1n) is 7.33. The molecule has 1 atom stereocenters. The zero-order valence-corrected chi connectivity index (χ0v) is 14.4. The summed E-state index contributed by atoms with van der Waals surface area (Å²) in [5, 5.41) is 2.70. The number of hydrogen-bond donors (Lipinski definition) is 1. The number of rotatable bonds is 10. The fraction of sp³-hybridized carbons (Fsp3) is 0.353. The number of ether oxygens (including phenoxy) is 2. The lowest BCUT2D eigenvalue weighted by atomic mass is 10.2. The lowest BCUT2D eigenvalue weighted by Crippen LogP contribution is -2.26. The molecular formula is C17H23NO4S. The molecule has 5 nitrogen and oxygen atoms in total. The van der Waals surface area contributed by atoms with Crippen LogP contribution in [0.5, 0.6) is 11.5 Å². The molecular weight excluding hydrogens is 314 g/mol. The summed E-state index contributed by atoms with van der Waals surface area (Å²) in [7, 11) is 0.690. The minimum absolute atomic E-state index is 0.218. The highest BCUT2D eigenvalue weighted by atomic mass is 32.2. The normalized spacial score (nSPS) is 11.9. The first kappa shape index (κ1) is 19.0. The fourth-order valence-electron chi connectivity index (χ4n) is 1.72. The molecule has 126 valence electrons. The molecule has 0 aliphatic rings. The van der Waals surface area contributed by atoms with Gasteiger partial charge >= 0.3 is 0 Å². The average molecular weight is 337 g/mol. The van der Waals surface area contributed by atoms with Crippen molar-refractivity contribution in [1.82, 2.24) is 5.32 Å². The topological polar surface area (TPSA) is 64.6 Å². The van der Waals surface area contributed by atoms with Gasteiger partial charge in [0, 0.05) is 34.9 Å². The van der Waals surface area contributed by atoms with Gasteiger partial charge in [0.1, 0.15) is 6.61 Å². The van der Waals surface area contributed by atoms with E-state index in [0.717, 1.165) is 5.56 Å². The maximum atomic E-state index is 11.7. The summed E-state index contributed by atoms with van der Waals surface area (Å²) in [5.41, 5.74) is 0.820. The Hall–Kier alpha value is -2.08. The Bertz CT molecular complexity index is 584. The molecule has 0 radical (unpaired) electrons. The van der Waals surface area contributed by atoms with E-state index in [2.05, 4.69) is 11.9 Å². The van der Waals surface area contributed by atoms with Crippen LogP contribution in [0.25, 0.3) is 6.08 Å². The van der Waals surface area contributed by atoms with Crippen molar-refractivity contribution in [2.45, 2.75) is 6.92 Å². The standard InChI is InChI=1S/C17H23NO4S/c1-4-11-22-15-8-6-14(13-16(15)21-3)7-9-17(19)18-10-12-23(20)5-2/h4,6-9,13H,1,5,10-12H2,2-3H3,(H,18,19)/b9-7+/t23-/m1/s1. The summed E-state index contributed by atoms with van der Waals surface area (Å²) in [6.07, 6.45) is 4.78. The zero-order valence-electron chi connectivity index (χ0n) is 13.5. The van der Waals surface area contributed by atoms with E-state index in [0.29, 0.717) is 36.2 Å². The summed E-state index contributed by atoms with van der Waals surface area (Å²) in [5.74, 6) is 2.07. The maximum absolute atomic E-state index is 11.7. The molecule has 1 aromatic carbocycles. The van der Waals surface area contributed by atoms with Crippen LogP contribution in [0.1, 0.15) is 12.5 Å². The van der Waals surface area contributed by atoms with Crippen molar-refractivity contribution in [2.24, 2.45) is 0 Å². The third kappa shape index (κ3) is 7.15. The van der Waals surface area contributed by atoms with Crippen LogP contribution < -0.4 is 14.8 Å². The van der Waals surface area contributed by atoms with E-state index in [-0.39, 0.29) is 5.91 Å². The van der Waals surface area contributed by atoms with Gasteiger partial charge < -0.3 is 14.8 Å². The molecule has 0 saturated heterocycles. The first-order valence-corrected chi connectivity index (χ1v) is 8.82. The van der Waals surface area contributed by atoms with Crippen LogP contribution in [0.15, 0.2) is 36.9 Å². The molecule has 0 aromatic heterocycles. The second-order valence-electron chi connectivity index (χ2n) is 4.57. The van der Waals surface area contributed by atoms with E-state index in [1.54, 1.807) is 31.4 Å². The quantitative estimate of drug-likeness (QED) is 0.525. The molecule has 0 saturated carbocycles. The number of carbonyl (C=O) groups excluding carboxylic acids is 1. The van der Waals surface area contributed by atoms with Crippen molar-refractivity contribution in [1.29, 1.82) is 0 Å². The lowest BCUT2D eigenvalue weighted by molar-refractivity contribution is -0.116. The van der Waals surface area contributed by atoms with E-state index in [4.69, 9.17) is 9.47 Å². The van der Waals surface area contributed by atoms with Crippen molar-refractivity contribution < 1.29 is 18.5 Å². The smallest absolute Gasteiger partial charge is 0.244 e. The summed E-state index contributed by atoms with van der Waals surface area (Å²) in [4.78, 5) is 11.7. The molecule has 1 amide bonds. The molecule has 0 aliphatic heterocycles. The van der Waals surface area contributed by atoms with Crippen molar-refractivity contribution >= 4 is 22.8 Å². The van der Waals surface area contributed by atoms with Gasteiger partial charge in [-0.1, -0.05) is 25.6 Å². The second-order valence-corrected chi connectivity index (χ2v) is 6.43. The maximum Gasteiger partial charge on any atom is 0.244 e. The summed E-state index contributed by atoms with van der Waals surface area (Å²) >= 11 is 0. The van der Waals surface area contributed by atoms with Gasteiger partial charge in [0.15, 0.2) is 11.5 Å². The molecule has 0 fully saturated rings. The number of nitrogens with one attached hydrogen (secondary N) is 1.